The number of hydrogen-bond acceptors (Lipinski definition) is 4. The van der Waals surface area contributed by atoms with Gasteiger partial charge in [0.2, 0.25) is 5.91 Å². The lowest BCUT2D eigenvalue weighted by molar-refractivity contribution is -0.119. The minimum absolute atomic E-state index is 0.00876. The van der Waals surface area contributed by atoms with Crippen molar-refractivity contribution in [3.63, 3.8) is 0 Å². The van der Waals surface area contributed by atoms with Crippen molar-refractivity contribution in [2.75, 3.05) is 18.1 Å². The summed E-state index contributed by atoms with van der Waals surface area (Å²) in [6.07, 6.45) is 0.946. The lowest BCUT2D eigenvalue weighted by Crippen LogP contribution is -2.37. The van der Waals surface area contributed by atoms with Gasteiger partial charge in [-0.3, -0.25) is 4.79 Å². The third-order valence-corrected chi connectivity index (χ3v) is 3.60. The number of carbonyl (C=O) groups excluding carboxylic acids is 1. The third kappa shape index (κ3) is 7.33. The van der Waals surface area contributed by atoms with Crippen LogP contribution in [0.15, 0.2) is 0 Å². The average molecular weight is 237 g/mol. The van der Waals surface area contributed by atoms with Crippen molar-refractivity contribution in [3.05, 3.63) is 0 Å². The maximum Gasteiger partial charge on any atom is 0.235 e. The van der Waals surface area contributed by atoms with Gasteiger partial charge in [-0.25, -0.2) is 8.42 Å². The van der Waals surface area contributed by atoms with Gasteiger partial charge in [0.15, 0.2) is 9.84 Å². The molecule has 0 bridgehead atoms. The zero-order valence-electron chi connectivity index (χ0n) is 9.19. The van der Waals surface area contributed by atoms with Crippen molar-refractivity contribution in [1.82, 2.24) is 5.32 Å². The van der Waals surface area contributed by atoms with Gasteiger partial charge in [-0.2, -0.15) is 0 Å². The highest BCUT2D eigenvalue weighted by molar-refractivity contribution is 7.92. The standard InChI is InChI=1S/C9H19NO4S/c1-3-8(2)10-9(12)7-15(13,14)6-4-5-11/h8,11H,3-7H2,1-2H3,(H,10,12). The number of amides is 1. The highest BCUT2D eigenvalue weighted by atomic mass is 32.2. The van der Waals surface area contributed by atoms with E-state index in [1.807, 2.05) is 13.8 Å². The molecule has 1 amide bonds. The fraction of sp³-hybridized carbons (Fsp3) is 0.889. The first kappa shape index (κ1) is 14.4. The number of carbonyl (C=O) groups is 1. The molecule has 1 unspecified atom stereocenters. The first-order valence-electron chi connectivity index (χ1n) is 5.02. The second kappa shape index (κ2) is 6.79. The molecule has 0 aromatic rings. The van der Waals surface area contributed by atoms with Crippen LogP contribution in [-0.2, 0) is 14.6 Å². The molecule has 0 radical (unpaired) electrons. The molecule has 0 fully saturated rings. The van der Waals surface area contributed by atoms with Gasteiger partial charge in [-0.1, -0.05) is 6.92 Å². The molecule has 0 aliphatic heterocycles. The zero-order chi connectivity index (χ0) is 11.9. The van der Waals surface area contributed by atoms with E-state index in [4.69, 9.17) is 5.11 Å². The topological polar surface area (TPSA) is 83.5 Å². The van der Waals surface area contributed by atoms with Crippen molar-refractivity contribution >= 4 is 15.7 Å². The number of aliphatic hydroxyl groups is 1. The van der Waals surface area contributed by atoms with Crippen LogP contribution in [0.3, 0.4) is 0 Å². The molecule has 0 saturated heterocycles. The predicted molar refractivity (Wildman–Crippen MR) is 58.3 cm³/mol. The number of aliphatic hydroxyl groups excluding tert-OH is 1. The number of rotatable bonds is 7. The Labute approximate surface area is 90.8 Å². The Balaban J connectivity index is 4.05. The van der Waals surface area contributed by atoms with Crippen LogP contribution < -0.4 is 5.32 Å². The molecule has 0 aliphatic carbocycles. The number of hydrogen-bond donors (Lipinski definition) is 2. The van der Waals surface area contributed by atoms with Gasteiger partial charge in [0, 0.05) is 12.6 Å². The molecule has 1 atom stereocenters. The van der Waals surface area contributed by atoms with Gasteiger partial charge < -0.3 is 10.4 Å². The molecule has 0 rings (SSSR count). The van der Waals surface area contributed by atoms with E-state index in [9.17, 15) is 13.2 Å². The zero-order valence-corrected chi connectivity index (χ0v) is 10.0. The maximum atomic E-state index is 11.3. The lowest BCUT2D eigenvalue weighted by Gasteiger charge is -2.11. The van der Waals surface area contributed by atoms with Crippen LogP contribution in [0.25, 0.3) is 0 Å². The van der Waals surface area contributed by atoms with Gasteiger partial charge in [0.05, 0.1) is 5.75 Å². The quantitative estimate of drug-likeness (QED) is 0.636. The predicted octanol–water partition coefficient (Wildman–Crippen LogP) is -0.302. The maximum absolute atomic E-state index is 11.3. The van der Waals surface area contributed by atoms with Crippen molar-refractivity contribution in [3.8, 4) is 0 Å². The first-order chi connectivity index (χ1) is 6.91. The normalized spacial score (nSPS) is 13.5. The van der Waals surface area contributed by atoms with Crippen LogP contribution in [0, 0.1) is 0 Å². The second-order valence-electron chi connectivity index (χ2n) is 3.55. The van der Waals surface area contributed by atoms with Crippen molar-refractivity contribution < 1.29 is 18.3 Å². The SMILES string of the molecule is CCC(C)NC(=O)CS(=O)(=O)CCCO. The molecule has 0 spiro atoms. The minimum Gasteiger partial charge on any atom is -0.396 e. The van der Waals surface area contributed by atoms with E-state index in [1.54, 1.807) is 0 Å². The molecule has 5 nitrogen and oxygen atoms in total. The fourth-order valence-electron chi connectivity index (χ4n) is 0.975. The fourth-order valence-corrected chi connectivity index (χ4v) is 2.17. The minimum atomic E-state index is -3.37. The molecule has 90 valence electrons. The van der Waals surface area contributed by atoms with E-state index in [0.717, 1.165) is 6.42 Å². The molecule has 0 aromatic carbocycles. The molecule has 6 heteroatoms. The van der Waals surface area contributed by atoms with Crippen molar-refractivity contribution in [2.45, 2.75) is 32.7 Å². The van der Waals surface area contributed by atoms with Gasteiger partial charge in [0.25, 0.3) is 0 Å². The lowest BCUT2D eigenvalue weighted by atomic mass is 10.3. The Bertz CT molecular complexity index is 286. The number of sulfone groups is 1. The van der Waals surface area contributed by atoms with Gasteiger partial charge in [0.1, 0.15) is 5.75 Å². The van der Waals surface area contributed by atoms with E-state index in [0.29, 0.717) is 0 Å². The molecule has 0 saturated carbocycles. The summed E-state index contributed by atoms with van der Waals surface area (Å²) in [7, 11) is -3.37. The van der Waals surface area contributed by atoms with E-state index in [2.05, 4.69) is 5.32 Å². The Morgan fingerprint density at radius 2 is 2.07 bits per heavy atom. The van der Waals surface area contributed by atoms with Crippen LogP contribution in [0.2, 0.25) is 0 Å². The Morgan fingerprint density at radius 1 is 1.47 bits per heavy atom. The van der Waals surface area contributed by atoms with Gasteiger partial charge >= 0.3 is 0 Å². The molecular weight excluding hydrogens is 218 g/mol. The van der Waals surface area contributed by atoms with E-state index in [-0.39, 0.29) is 24.8 Å². The average Bonchev–Trinajstić information content (AvgIpc) is 2.13. The van der Waals surface area contributed by atoms with Crippen LogP contribution in [-0.4, -0.2) is 43.6 Å². The third-order valence-electron chi connectivity index (χ3n) is 1.98. The monoisotopic (exact) mass is 237 g/mol. The number of nitrogens with one attached hydrogen (secondary N) is 1. The van der Waals surface area contributed by atoms with Crippen LogP contribution >= 0.6 is 0 Å². The molecule has 15 heavy (non-hydrogen) atoms. The van der Waals surface area contributed by atoms with Gasteiger partial charge in [-0.15, -0.1) is 0 Å². The van der Waals surface area contributed by atoms with E-state index >= 15 is 0 Å². The smallest absolute Gasteiger partial charge is 0.235 e. The van der Waals surface area contributed by atoms with E-state index in [1.165, 1.54) is 0 Å². The van der Waals surface area contributed by atoms with E-state index < -0.39 is 21.5 Å². The van der Waals surface area contributed by atoms with Crippen LogP contribution in [0.4, 0.5) is 0 Å². The largest absolute Gasteiger partial charge is 0.396 e. The highest BCUT2D eigenvalue weighted by Crippen LogP contribution is 1.95. The molecule has 0 aliphatic rings. The second-order valence-corrected chi connectivity index (χ2v) is 5.73. The molecule has 2 N–H and O–H groups in total. The Morgan fingerprint density at radius 3 is 2.53 bits per heavy atom. The van der Waals surface area contributed by atoms with Crippen LogP contribution in [0.1, 0.15) is 26.7 Å². The highest BCUT2D eigenvalue weighted by Gasteiger charge is 2.16. The summed E-state index contributed by atoms with van der Waals surface area (Å²) in [4.78, 5) is 11.2. The summed E-state index contributed by atoms with van der Waals surface area (Å²) in [5, 5.41) is 11.1. The summed E-state index contributed by atoms with van der Waals surface area (Å²) in [5.74, 6) is -1.10. The Hall–Kier alpha value is -0.620. The Kier molecular flexibility index (Phi) is 6.51. The summed E-state index contributed by atoms with van der Waals surface area (Å²) in [6.45, 7) is 3.55. The summed E-state index contributed by atoms with van der Waals surface area (Å²) in [6, 6.07) is -0.00876. The summed E-state index contributed by atoms with van der Waals surface area (Å²) < 4.78 is 22.6. The van der Waals surface area contributed by atoms with Crippen molar-refractivity contribution in [2.24, 2.45) is 0 Å². The first-order valence-corrected chi connectivity index (χ1v) is 6.84. The van der Waals surface area contributed by atoms with Crippen molar-refractivity contribution in [1.29, 1.82) is 0 Å². The summed E-state index contributed by atoms with van der Waals surface area (Å²) >= 11 is 0. The molecule has 0 heterocycles. The molecule has 0 aromatic heterocycles. The molecular formula is C9H19NO4S. The van der Waals surface area contributed by atoms with Crippen LogP contribution in [0.5, 0.6) is 0 Å². The summed E-state index contributed by atoms with van der Waals surface area (Å²) in [5.41, 5.74) is 0. The van der Waals surface area contributed by atoms with Gasteiger partial charge in [-0.05, 0) is 19.8 Å².